The minimum absolute atomic E-state index is 0.104. The molecule has 0 bridgehead atoms. The number of hydrogen-bond donors (Lipinski definition) is 2. The number of ether oxygens (including phenoxy) is 2. The van der Waals surface area contributed by atoms with Gasteiger partial charge >= 0.3 is 0 Å². The van der Waals surface area contributed by atoms with E-state index in [0.29, 0.717) is 0 Å². The van der Waals surface area contributed by atoms with Crippen LogP contribution in [0.15, 0.2) is 36.5 Å². The molecule has 0 saturated carbocycles. The quantitative estimate of drug-likeness (QED) is 0.788. The Hall–Kier alpha value is -2.60. The summed E-state index contributed by atoms with van der Waals surface area (Å²) in [5.41, 5.74) is 2.58. The average Bonchev–Trinajstić information content (AvgIpc) is 2.62. The van der Waals surface area contributed by atoms with E-state index >= 15 is 0 Å². The molecule has 1 aromatic carbocycles. The first-order valence-electron chi connectivity index (χ1n) is 8.52. The summed E-state index contributed by atoms with van der Waals surface area (Å²) in [6.45, 7) is 7.14. The molecule has 2 aromatic rings. The first-order chi connectivity index (χ1) is 12.2. The molecule has 0 atom stereocenters. The van der Waals surface area contributed by atoms with Gasteiger partial charge in [0.15, 0.2) is 0 Å². The van der Waals surface area contributed by atoms with Crippen LogP contribution in [0.2, 0.25) is 0 Å². The van der Waals surface area contributed by atoms with Crippen molar-refractivity contribution in [1.29, 1.82) is 5.41 Å². The molecular formula is C19H24N4O2. The van der Waals surface area contributed by atoms with Crippen LogP contribution in [0, 0.1) is 5.41 Å². The van der Waals surface area contributed by atoms with E-state index in [1.54, 1.807) is 6.20 Å². The van der Waals surface area contributed by atoms with Gasteiger partial charge in [0.2, 0.25) is 0 Å². The highest BCUT2D eigenvalue weighted by atomic mass is 16.5. The maximum atomic E-state index is 7.62. The van der Waals surface area contributed by atoms with Gasteiger partial charge in [-0.1, -0.05) is 0 Å². The van der Waals surface area contributed by atoms with Crippen molar-refractivity contribution in [2.75, 3.05) is 36.5 Å². The summed E-state index contributed by atoms with van der Waals surface area (Å²) < 4.78 is 11.2. The number of nitrogens with zero attached hydrogens (tertiary/aromatic N) is 2. The maximum Gasteiger partial charge on any atom is 0.130 e. The number of anilines is 3. The zero-order valence-electron chi connectivity index (χ0n) is 14.7. The molecule has 6 nitrogen and oxygen atoms in total. The molecule has 1 aromatic heterocycles. The van der Waals surface area contributed by atoms with Crippen molar-refractivity contribution in [2.45, 2.75) is 20.0 Å². The number of pyridine rings is 1. The van der Waals surface area contributed by atoms with Crippen LogP contribution >= 0.6 is 0 Å². The fourth-order valence-corrected chi connectivity index (χ4v) is 2.73. The minimum atomic E-state index is 0.104. The lowest BCUT2D eigenvalue weighted by molar-refractivity contribution is 0.122. The monoisotopic (exact) mass is 340 g/mol. The van der Waals surface area contributed by atoms with E-state index in [-0.39, 0.29) is 6.10 Å². The Balaban J connectivity index is 1.82. The molecule has 0 spiro atoms. The standard InChI is InChI=1S/C19H24N4O2/c1-14(2)25-17-4-3-15(13-20)18(12-17)22-16-5-6-21-19(11-16)23-7-9-24-10-8-23/h3-6,11-14,20H,7-10H2,1-2H3,(H,21,22). The lowest BCUT2D eigenvalue weighted by atomic mass is 10.1. The Morgan fingerprint density at radius 1 is 1.24 bits per heavy atom. The fourth-order valence-electron chi connectivity index (χ4n) is 2.73. The molecule has 1 fully saturated rings. The number of rotatable bonds is 6. The van der Waals surface area contributed by atoms with E-state index < -0.39 is 0 Å². The first kappa shape index (κ1) is 17.2. The van der Waals surface area contributed by atoms with Crippen molar-refractivity contribution < 1.29 is 9.47 Å². The van der Waals surface area contributed by atoms with Gasteiger partial charge in [-0.05, 0) is 32.0 Å². The smallest absolute Gasteiger partial charge is 0.130 e. The van der Waals surface area contributed by atoms with Crippen LogP contribution in [0.5, 0.6) is 5.75 Å². The summed E-state index contributed by atoms with van der Waals surface area (Å²) in [5, 5.41) is 11.0. The topological polar surface area (TPSA) is 70.5 Å². The Morgan fingerprint density at radius 2 is 2.04 bits per heavy atom. The van der Waals surface area contributed by atoms with Crippen LogP contribution in [-0.2, 0) is 4.74 Å². The summed E-state index contributed by atoms with van der Waals surface area (Å²) in [5.74, 6) is 1.71. The van der Waals surface area contributed by atoms with Crippen LogP contribution in [0.1, 0.15) is 19.4 Å². The molecule has 3 rings (SSSR count). The highest BCUT2D eigenvalue weighted by molar-refractivity contribution is 5.88. The Morgan fingerprint density at radius 3 is 2.76 bits per heavy atom. The van der Waals surface area contributed by atoms with Gasteiger partial charge in [0.25, 0.3) is 0 Å². The van der Waals surface area contributed by atoms with Crippen molar-refractivity contribution in [2.24, 2.45) is 0 Å². The van der Waals surface area contributed by atoms with Crippen molar-refractivity contribution in [3.8, 4) is 5.75 Å². The van der Waals surface area contributed by atoms with E-state index in [1.165, 1.54) is 6.21 Å². The van der Waals surface area contributed by atoms with Crippen LogP contribution in [0.25, 0.3) is 0 Å². The molecule has 132 valence electrons. The third-order valence-electron chi connectivity index (χ3n) is 3.91. The molecule has 2 heterocycles. The van der Waals surface area contributed by atoms with Crippen molar-refractivity contribution in [3.63, 3.8) is 0 Å². The van der Waals surface area contributed by atoms with Crippen LogP contribution in [0.3, 0.4) is 0 Å². The second-order valence-corrected chi connectivity index (χ2v) is 6.19. The highest BCUT2D eigenvalue weighted by Gasteiger charge is 2.13. The molecule has 0 radical (unpaired) electrons. The Bertz CT molecular complexity index is 727. The first-order valence-corrected chi connectivity index (χ1v) is 8.52. The Kier molecular flexibility index (Phi) is 5.50. The summed E-state index contributed by atoms with van der Waals surface area (Å²) >= 11 is 0. The number of morpholine rings is 1. The Labute approximate surface area is 148 Å². The van der Waals surface area contributed by atoms with E-state index in [2.05, 4.69) is 15.2 Å². The van der Waals surface area contributed by atoms with Crippen molar-refractivity contribution >= 4 is 23.4 Å². The summed E-state index contributed by atoms with van der Waals surface area (Å²) in [7, 11) is 0. The highest BCUT2D eigenvalue weighted by Crippen LogP contribution is 2.27. The van der Waals surface area contributed by atoms with E-state index in [0.717, 1.165) is 54.8 Å². The van der Waals surface area contributed by atoms with Crippen LogP contribution in [-0.4, -0.2) is 43.6 Å². The molecule has 1 aliphatic heterocycles. The second kappa shape index (κ2) is 7.98. The van der Waals surface area contributed by atoms with E-state index in [1.807, 2.05) is 44.2 Å². The van der Waals surface area contributed by atoms with Crippen LogP contribution < -0.4 is 15.0 Å². The third-order valence-corrected chi connectivity index (χ3v) is 3.91. The van der Waals surface area contributed by atoms with Gasteiger partial charge in [-0.15, -0.1) is 0 Å². The maximum absolute atomic E-state index is 7.62. The molecule has 6 heteroatoms. The normalized spacial score (nSPS) is 14.4. The summed E-state index contributed by atoms with van der Waals surface area (Å²) in [4.78, 5) is 6.68. The molecule has 1 aliphatic rings. The van der Waals surface area contributed by atoms with Gasteiger partial charge in [-0.25, -0.2) is 4.98 Å². The average molecular weight is 340 g/mol. The zero-order valence-corrected chi connectivity index (χ0v) is 14.7. The van der Waals surface area contributed by atoms with Crippen molar-refractivity contribution in [3.05, 3.63) is 42.1 Å². The molecule has 25 heavy (non-hydrogen) atoms. The lowest BCUT2D eigenvalue weighted by Gasteiger charge is -2.28. The molecule has 0 aliphatic carbocycles. The minimum Gasteiger partial charge on any atom is -0.491 e. The molecule has 0 unspecified atom stereocenters. The molecular weight excluding hydrogens is 316 g/mol. The number of aromatic nitrogens is 1. The molecule has 0 amide bonds. The summed E-state index contributed by atoms with van der Waals surface area (Å²) in [6, 6.07) is 9.65. The van der Waals surface area contributed by atoms with Crippen LogP contribution in [0.4, 0.5) is 17.2 Å². The number of nitrogens with one attached hydrogen (secondary N) is 2. The van der Waals surface area contributed by atoms with Gasteiger partial charge in [-0.2, -0.15) is 0 Å². The third kappa shape index (κ3) is 4.48. The zero-order chi connectivity index (χ0) is 17.6. The largest absolute Gasteiger partial charge is 0.491 e. The predicted molar refractivity (Wildman–Crippen MR) is 101 cm³/mol. The van der Waals surface area contributed by atoms with Gasteiger partial charge < -0.3 is 25.1 Å². The number of benzene rings is 1. The van der Waals surface area contributed by atoms with Gasteiger partial charge in [0, 0.05) is 48.9 Å². The van der Waals surface area contributed by atoms with Gasteiger partial charge in [-0.3, -0.25) is 0 Å². The molecule has 1 saturated heterocycles. The predicted octanol–water partition coefficient (Wildman–Crippen LogP) is 3.45. The lowest BCUT2D eigenvalue weighted by Crippen LogP contribution is -2.36. The SMILES string of the molecule is CC(C)Oc1ccc(C=N)c(Nc2ccnc(N3CCOCC3)c2)c1. The summed E-state index contributed by atoms with van der Waals surface area (Å²) in [6.07, 6.45) is 3.24. The fraction of sp³-hybridized carbons (Fsp3) is 0.368. The van der Waals surface area contributed by atoms with Crippen molar-refractivity contribution in [1.82, 2.24) is 4.98 Å². The second-order valence-electron chi connectivity index (χ2n) is 6.19. The number of hydrogen-bond acceptors (Lipinski definition) is 6. The van der Waals surface area contributed by atoms with E-state index in [9.17, 15) is 0 Å². The van der Waals surface area contributed by atoms with Gasteiger partial charge in [0.05, 0.1) is 25.0 Å². The van der Waals surface area contributed by atoms with E-state index in [4.69, 9.17) is 14.9 Å². The van der Waals surface area contributed by atoms with Gasteiger partial charge in [0.1, 0.15) is 11.6 Å². The molecule has 2 N–H and O–H groups in total.